The van der Waals surface area contributed by atoms with Crippen LogP contribution in [0.4, 0.5) is 0 Å². The summed E-state index contributed by atoms with van der Waals surface area (Å²) in [5.74, 6) is -0.156. The molecule has 1 fully saturated rings. The first-order chi connectivity index (χ1) is 8.66. The van der Waals surface area contributed by atoms with E-state index < -0.39 is 0 Å². The van der Waals surface area contributed by atoms with Crippen LogP contribution in [0.1, 0.15) is 35.2 Å². The summed E-state index contributed by atoms with van der Waals surface area (Å²) in [7, 11) is 0. The van der Waals surface area contributed by atoms with Gasteiger partial charge in [0.1, 0.15) is 5.75 Å². The summed E-state index contributed by atoms with van der Waals surface area (Å²) >= 11 is 0. The number of aromatic hydroxyl groups is 1. The molecule has 0 unspecified atom stereocenters. The number of rotatable bonds is 4. The highest BCUT2D eigenvalue weighted by atomic mass is 16.3. The Morgan fingerprint density at radius 1 is 1.56 bits per heavy atom. The van der Waals surface area contributed by atoms with Crippen LogP contribution < -0.4 is 10.6 Å². The molecule has 0 saturated carbocycles. The van der Waals surface area contributed by atoms with Gasteiger partial charge in [-0.15, -0.1) is 0 Å². The lowest BCUT2D eigenvalue weighted by atomic mass is 10.1. The Balaban J connectivity index is 1.83. The summed E-state index contributed by atoms with van der Waals surface area (Å²) in [5.41, 5.74) is 1.29. The van der Waals surface area contributed by atoms with E-state index in [0.29, 0.717) is 18.2 Å². The van der Waals surface area contributed by atoms with Crippen molar-refractivity contribution in [3.8, 4) is 5.75 Å². The summed E-state index contributed by atoms with van der Waals surface area (Å²) in [5, 5.41) is 15.9. The number of phenolic OH excluding ortho intramolecular Hbond substituents is 1. The zero-order valence-corrected chi connectivity index (χ0v) is 10.7. The quantitative estimate of drug-likeness (QED) is 0.758. The highest BCUT2D eigenvalue weighted by Crippen LogP contribution is 2.18. The van der Waals surface area contributed by atoms with E-state index in [1.807, 2.05) is 13.0 Å². The minimum atomic E-state index is -0.203. The lowest BCUT2D eigenvalue weighted by molar-refractivity contribution is 0.0949. The molecule has 1 amide bonds. The molecule has 0 bridgehead atoms. The van der Waals surface area contributed by atoms with E-state index in [2.05, 4.69) is 10.6 Å². The third kappa shape index (κ3) is 3.23. The number of carbonyl (C=O) groups is 1. The van der Waals surface area contributed by atoms with E-state index in [4.69, 9.17) is 0 Å². The monoisotopic (exact) mass is 248 g/mol. The minimum Gasteiger partial charge on any atom is -0.507 e. The van der Waals surface area contributed by atoms with Crippen molar-refractivity contribution in [3.63, 3.8) is 0 Å². The largest absolute Gasteiger partial charge is 0.507 e. The molecule has 0 spiro atoms. The van der Waals surface area contributed by atoms with Gasteiger partial charge in [-0.2, -0.15) is 0 Å². The van der Waals surface area contributed by atoms with E-state index in [0.717, 1.165) is 18.5 Å². The number of phenols is 1. The van der Waals surface area contributed by atoms with Crippen molar-refractivity contribution in [2.75, 3.05) is 13.1 Å². The van der Waals surface area contributed by atoms with Crippen molar-refractivity contribution in [1.29, 1.82) is 0 Å². The maximum Gasteiger partial charge on any atom is 0.255 e. The first kappa shape index (κ1) is 12.9. The summed E-state index contributed by atoms with van der Waals surface area (Å²) in [6, 6.07) is 5.62. The molecule has 18 heavy (non-hydrogen) atoms. The fourth-order valence-electron chi connectivity index (χ4n) is 2.29. The number of hydrogen-bond acceptors (Lipinski definition) is 3. The Morgan fingerprint density at radius 3 is 3.06 bits per heavy atom. The first-order valence-corrected chi connectivity index (χ1v) is 6.48. The second-order valence-electron chi connectivity index (χ2n) is 4.86. The van der Waals surface area contributed by atoms with Gasteiger partial charge >= 0.3 is 0 Å². The molecule has 1 aromatic carbocycles. The molecular formula is C14H20N2O2. The Bertz CT molecular complexity index is 426. The Labute approximate surface area is 107 Å². The predicted molar refractivity (Wildman–Crippen MR) is 70.8 cm³/mol. The van der Waals surface area contributed by atoms with Crippen LogP contribution in [-0.2, 0) is 0 Å². The second kappa shape index (κ2) is 5.87. The van der Waals surface area contributed by atoms with Crippen LogP contribution in [0.15, 0.2) is 18.2 Å². The summed E-state index contributed by atoms with van der Waals surface area (Å²) in [6.07, 6.45) is 3.35. The standard InChI is InChI=1S/C14H20N2O2/c1-10-4-5-12(13(17)9-10)14(18)16-8-6-11-3-2-7-15-11/h4-5,9,11,15,17H,2-3,6-8H2,1H3,(H,16,18)/t11-/m1/s1. The number of benzene rings is 1. The van der Waals surface area contributed by atoms with E-state index in [1.165, 1.54) is 12.8 Å². The molecule has 0 radical (unpaired) electrons. The van der Waals surface area contributed by atoms with Gasteiger partial charge in [0.25, 0.3) is 5.91 Å². The normalized spacial score (nSPS) is 18.8. The minimum absolute atomic E-state index is 0.0477. The summed E-state index contributed by atoms with van der Waals surface area (Å²) in [4.78, 5) is 11.9. The van der Waals surface area contributed by atoms with Crippen LogP contribution in [-0.4, -0.2) is 30.1 Å². The molecule has 3 N–H and O–H groups in total. The van der Waals surface area contributed by atoms with Gasteiger partial charge in [0.15, 0.2) is 0 Å². The van der Waals surface area contributed by atoms with Crippen LogP contribution in [0.5, 0.6) is 5.75 Å². The molecule has 1 atom stereocenters. The molecule has 4 heteroatoms. The predicted octanol–water partition coefficient (Wildman–Crippen LogP) is 1.57. The SMILES string of the molecule is Cc1ccc(C(=O)NCC[C@H]2CCCN2)c(O)c1. The molecule has 2 rings (SSSR count). The molecule has 0 aliphatic carbocycles. The third-order valence-electron chi connectivity index (χ3n) is 3.34. The van der Waals surface area contributed by atoms with Gasteiger partial charge in [0.2, 0.25) is 0 Å². The molecular weight excluding hydrogens is 228 g/mol. The van der Waals surface area contributed by atoms with Crippen LogP contribution in [0.2, 0.25) is 0 Å². The number of nitrogens with one attached hydrogen (secondary N) is 2. The van der Waals surface area contributed by atoms with Gasteiger partial charge in [0, 0.05) is 12.6 Å². The maximum absolute atomic E-state index is 11.9. The Morgan fingerprint density at radius 2 is 2.39 bits per heavy atom. The van der Waals surface area contributed by atoms with Crippen molar-refractivity contribution in [2.24, 2.45) is 0 Å². The van der Waals surface area contributed by atoms with E-state index in [1.54, 1.807) is 12.1 Å². The van der Waals surface area contributed by atoms with Crippen molar-refractivity contribution < 1.29 is 9.90 Å². The van der Waals surface area contributed by atoms with Gasteiger partial charge in [-0.25, -0.2) is 0 Å². The van der Waals surface area contributed by atoms with Gasteiger partial charge in [0.05, 0.1) is 5.56 Å². The smallest absolute Gasteiger partial charge is 0.255 e. The fourth-order valence-corrected chi connectivity index (χ4v) is 2.29. The average Bonchev–Trinajstić information content (AvgIpc) is 2.81. The van der Waals surface area contributed by atoms with Crippen molar-refractivity contribution >= 4 is 5.91 Å². The molecule has 1 saturated heterocycles. The zero-order valence-electron chi connectivity index (χ0n) is 10.7. The van der Waals surface area contributed by atoms with E-state index >= 15 is 0 Å². The van der Waals surface area contributed by atoms with Crippen molar-refractivity contribution in [3.05, 3.63) is 29.3 Å². The average molecular weight is 248 g/mol. The third-order valence-corrected chi connectivity index (χ3v) is 3.34. The molecule has 98 valence electrons. The number of aryl methyl sites for hydroxylation is 1. The van der Waals surface area contributed by atoms with Crippen LogP contribution in [0, 0.1) is 6.92 Å². The first-order valence-electron chi connectivity index (χ1n) is 6.48. The molecule has 1 aliphatic heterocycles. The second-order valence-corrected chi connectivity index (χ2v) is 4.86. The highest BCUT2D eigenvalue weighted by Gasteiger charge is 2.15. The Kier molecular flexibility index (Phi) is 4.20. The fraction of sp³-hybridized carbons (Fsp3) is 0.500. The van der Waals surface area contributed by atoms with Gasteiger partial charge < -0.3 is 15.7 Å². The van der Waals surface area contributed by atoms with Gasteiger partial charge in [-0.3, -0.25) is 4.79 Å². The topological polar surface area (TPSA) is 61.4 Å². The van der Waals surface area contributed by atoms with Gasteiger partial charge in [-0.1, -0.05) is 6.07 Å². The highest BCUT2D eigenvalue weighted by molar-refractivity contribution is 5.96. The molecule has 4 nitrogen and oxygen atoms in total. The number of carbonyl (C=O) groups excluding carboxylic acids is 1. The van der Waals surface area contributed by atoms with E-state index in [-0.39, 0.29) is 11.7 Å². The zero-order chi connectivity index (χ0) is 13.0. The molecule has 1 heterocycles. The molecule has 0 aromatic heterocycles. The summed E-state index contributed by atoms with van der Waals surface area (Å²) < 4.78 is 0. The van der Waals surface area contributed by atoms with Crippen LogP contribution >= 0.6 is 0 Å². The number of amides is 1. The summed E-state index contributed by atoms with van der Waals surface area (Å²) in [6.45, 7) is 3.61. The number of hydrogen-bond donors (Lipinski definition) is 3. The lowest BCUT2D eigenvalue weighted by Gasteiger charge is -2.11. The lowest BCUT2D eigenvalue weighted by Crippen LogP contribution is -2.30. The molecule has 1 aliphatic rings. The van der Waals surface area contributed by atoms with Crippen LogP contribution in [0.25, 0.3) is 0 Å². The maximum atomic E-state index is 11.9. The van der Waals surface area contributed by atoms with Crippen molar-refractivity contribution in [2.45, 2.75) is 32.2 Å². The van der Waals surface area contributed by atoms with E-state index in [9.17, 15) is 9.90 Å². The van der Waals surface area contributed by atoms with Crippen LogP contribution in [0.3, 0.4) is 0 Å². The van der Waals surface area contributed by atoms with Gasteiger partial charge in [-0.05, 0) is 50.4 Å². The molecule has 1 aromatic rings. The Hall–Kier alpha value is -1.55. The van der Waals surface area contributed by atoms with Crippen molar-refractivity contribution in [1.82, 2.24) is 10.6 Å².